The summed E-state index contributed by atoms with van der Waals surface area (Å²) >= 11 is 0. The van der Waals surface area contributed by atoms with Crippen molar-refractivity contribution >= 4 is 23.1 Å². The van der Waals surface area contributed by atoms with Gasteiger partial charge in [0.2, 0.25) is 5.95 Å². The number of nitrogens with zero attached hydrogens (tertiary/aromatic N) is 4. The average Bonchev–Trinajstić information content (AvgIpc) is 2.99. The maximum Gasteiger partial charge on any atom is 0.249 e. The molecule has 1 aliphatic heterocycles. The van der Waals surface area contributed by atoms with Gasteiger partial charge in [-0.15, -0.1) is 5.10 Å². The van der Waals surface area contributed by atoms with Gasteiger partial charge < -0.3 is 15.0 Å². The summed E-state index contributed by atoms with van der Waals surface area (Å²) in [4.78, 5) is 6.90. The van der Waals surface area contributed by atoms with E-state index in [0.29, 0.717) is 12.0 Å². The standard InChI is InChI=1S/C21H23N5O/c1-14(2)27-18-10-8-17(9-11-18)23-21-24-20(13-22-25-21)26-15(3)12-16-6-4-5-7-19(16)26/h4-11,13-15H,12H2,1-3H3,(H,23,24,25). The van der Waals surface area contributed by atoms with Crippen LogP contribution in [0.3, 0.4) is 0 Å². The topological polar surface area (TPSA) is 63.2 Å². The number of anilines is 4. The molecule has 2 heterocycles. The van der Waals surface area contributed by atoms with Gasteiger partial charge in [0.1, 0.15) is 5.75 Å². The molecule has 0 saturated heterocycles. The summed E-state index contributed by atoms with van der Waals surface area (Å²) in [6.45, 7) is 6.21. The lowest BCUT2D eigenvalue weighted by atomic mass is 10.1. The Bertz CT molecular complexity index is 926. The Hall–Kier alpha value is -3.15. The zero-order chi connectivity index (χ0) is 18.8. The zero-order valence-electron chi connectivity index (χ0n) is 15.8. The number of hydrogen-bond donors (Lipinski definition) is 1. The molecule has 1 N–H and O–H groups in total. The molecule has 1 atom stereocenters. The van der Waals surface area contributed by atoms with E-state index in [1.54, 1.807) is 6.20 Å². The first-order valence-electron chi connectivity index (χ1n) is 9.21. The number of hydrogen-bond acceptors (Lipinski definition) is 6. The number of para-hydroxylation sites is 1. The Morgan fingerprint density at radius 3 is 2.67 bits per heavy atom. The minimum absolute atomic E-state index is 0.151. The van der Waals surface area contributed by atoms with Gasteiger partial charge in [0.15, 0.2) is 5.82 Å². The molecule has 0 spiro atoms. The van der Waals surface area contributed by atoms with Gasteiger partial charge in [0.05, 0.1) is 12.3 Å². The molecule has 0 aliphatic carbocycles. The number of aromatic nitrogens is 3. The van der Waals surface area contributed by atoms with Gasteiger partial charge in [-0.05, 0) is 63.1 Å². The lowest BCUT2D eigenvalue weighted by molar-refractivity contribution is 0.242. The second-order valence-electron chi connectivity index (χ2n) is 7.01. The van der Waals surface area contributed by atoms with Gasteiger partial charge in [-0.1, -0.05) is 18.2 Å². The van der Waals surface area contributed by atoms with Crippen LogP contribution in [0.5, 0.6) is 5.75 Å². The van der Waals surface area contributed by atoms with E-state index in [0.717, 1.165) is 23.7 Å². The fraction of sp³-hybridized carbons (Fsp3) is 0.286. The summed E-state index contributed by atoms with van der Waals surface area (Å²) in [5, 5.41) is 11.5. The molecular weight excluding hydrogens is 338 g/mol. The van der Waals surface area contributed by atoms with Crippen molar-refractivity contribution in [3.8, 4) is 5.75 Å². The first kappa shape index (κ1) is 17.3. The van der Waals surface area contributed by atoms with Crippen LogP contribution < -0.4 is 15.0 Å². The van der Waals surface area contributed by atoms with Crippen molar-refractivity contribution in [3.63, 3.8) is 0 Å². The van der Waals surface area contributed by atoms with E-state index in [1.165, 1.54) is 11.3 Å². The second kappa shape index (κ2) is 7.23. The smallest absolute Gasteiger partial charge is 0.249 e. The predicted octanol–water partition coefficient (Wildman–Crippen LogP) is 4.49. The van der Waals surface area contributed by atoms with Crippen LogP contribution in [-0.2, 0) is 6.42 Å². The van der Waals surface area contributed by atoms with Crippen molar-refractivity contribution in [3.05, 3.63) is 60.3 Å². The number of rotatable bonds is 5. The van der Waals surface area contributed by atoms with Gasteiger partial charge >= 0.3 is 0 Å². The third-order valence-electron chi connectivity index (χ3n) is 4.48. The Morgan fingerprint density at radius 1 is 1.11 bits per heavy atom. The van der Waals surface area contributed by atoms with Crippen LogP contribution >= 0.6 is 0 Å². The van der Waals surface area contributed by atoms with Crippen LogP contribution in [0, 0.1) is 0 Å². The number of benzene rings is 2. The van der Waals surface area contributed by atoms with Crippen molar-refractivity contribution in [1.29, 1.82) is 0 Å². The summed E-state index contributed by atoms with van der Waals surface area (Å²) in [6, 6.07) is 16.5. The minimum Gasteiger partial charge on any atom is -0.491 e. The van der Waals surface area contributed by atoms with Crippen LogP contribution in [0.15, 0.2) is 54.7 Å². The summed E-state index contributed by atoms with van der Waals surface area (Å²) in [5.41, 5.74) is 3.41. The van der Waals surface area contributed by atoms with Gasteiger partial charge in [-0.2, -0.15) is 10.1 Å². The number of nitrogens with one attached hydrogen (secondary N) is 1. The summed E-state index contributed by atoms with van der Waals surface area (Å²) in [6.07, 6.45) is 2.86. The van der Waals surface area contributed by atoms with Crippen LogP contribution in [0.2, 0.25) is 0 Å². The monoisotopic (exact) mass is 361 g/mol. The van der Waals surface area contributed by atoms with E-state index in [9.17, 15) is 0 Å². The minimum atomic E-state index is 0.151. The molecular formula is C21H23N5O. The normalized spacial score (nSPS) is 15.7. The lowest BCUT2D eigenvalue weighted by Crippen LogP contribution is -2.25. The number of ether oxygens (including phenoxy) is 1. The Balaban J connectivity index is 1.55. The molecule has 2 aromatic carbocycles. The first-order chi connectivity index (χ1) is 13.1. The highest BCUT2D eigenvalue weighted by atomic mass is 16.5. The van der Waals surface area contributed by atoms with E-state index < -0.39 is 0 Å². The maximum atomic E-state index is 5.67. The first-order valence-corrected chi connectivity index (χ1v) is 9.21. The molecule has 6 nitrogen and oxygen atoms in total. The molecule has 27 heavy (non-hydrogen) atoms. The fourth-order valence-electron chi connectivity index (χ4n) is 3.40. The molecule has 0 radical (unpaired) electrons. The summed E-state index contributed by atoms with van der Waals surface area (Å²) < 4.78 is 5.67. The molecule has 4 rings (SSSR count). The van der Waals surface area contributed by atoms with Crippen LogP contribution in [-0.4, -0.2) is 27.3 Å². The van der Waals surface area contributed by atoms with E-state index in [-0.39, 0.29) is 6.10 Å². The van der Waals surface area contributed by atoms with E-state index in [1.807, 2.05) is 38.1 Å². The highest BCUT2D eigenvalue weighted by molar-refractivity contribution is 5.69. The Labute approximate surface area is 159 Å². The average molecular weight is 361 g/mol. The lowest BCUT2D eigenvalue weighted by Gasteiger charge is -2.23. The molecule has 0 saturated carbocycles. The molecule has 6 heteroatoms. The quantitative estimate of drug-likeness (QED) is 0.723. The third kappa shape index (κ3) is 3.69. The third-order valence-corrected chi connectivity index (χ3v) is 4.48. The highest BCUT2D eigenvalue weighted by Crippen LogP contribution is 2.37. The van der Waals surface area contributed by atoms with Crippen LogP contribution in [0.25, 0.3) is 0 Å². The van der Waals surface area contributed by atoms with Crippen molar-refractivity contribution in [1.82, 2.24) is 15.2 Å². The van der Waals surface area contributed by atoms with Gasteiger partial charge in [0, 0.05) is 17.4 Å². The molecule has 138 valence electrons. The van der Waals surface area contributed by atoms with Gasteiger partial charge in [-0.25, -0.2) is 0 Å². The summed E-state index contributed by atoms with van der Waals surface area (Å²) in [7, 11) is 0. The van der Waals surface area contributed by atoms with Gasteiger partial charge in [0.25, 0.3) is 0 Å². The van der Waals surface area contributed by atoms with Crippen molar-refractivity contribution in [2.45, 2.75) is 39.3 Å². The van der Waals surface area contributed by atoms with Crippen molar-refractivity contribution in [2.24, 2.45) is 0 Å². The SMILES string of the molecule is CC(C)Oc1ccc(Nc2nncc(N3c4ccccc4CC3C)n2)cc1. The molecule has 0 bridgehead atoms. The van der Waals surface area contributed by atoms with Crippen LogP contribution in [0.4, 0.5) is 23.1 Å². The molecule has 1 aliphatic rings. The van der Waals surface area contributed by atoms with Crippen LogP contribution in [0.1, 0.15) is 26.3 Å². The van der Waals surface area contributed by atoms with Crippen molar-refractivity contribution in [2.75, 3.05) is 10.2 Å². The second-order valence-corrected chi connectivity index (χ2v) is 7.01. The highest BCUT2D eigenvalue weighted by Gasteiger charge is 2.28. The molecule has 1 unspecified atom stereocenters. The van der Waals surface area contributed by atoms with E-state index in [4.69, 9.17) is 4.74 Å². The zero-order valence-corrected chi connectivity index (χ0v) is 15.8. The fourth-order valence-corrected chi connectivity index (χ4v) is 3.40. The van der Waals surface area contributed by atoms with Crippen molar-refractivity contribution < 1.29 is 4.74 Å². The molecule has 3 aromatic rings. The maximum absolute atomic E-state index is 5.67. The largest absolute Gasteiger partial charge is 0.491 e. The predicted molar refractivity (Wildman–Crippen MR) is 107 cm³/mol. The summed E-state index contributed by atoms with van der Waals surface area (Å²) in [5.74, 6) is 2.11. The molecule has 0 fully saturated rings. The Kier molecular flexibility index (Phi) is 4.62. The molecule has 0 amide bonds. The number of fused-ring (bicyclic) bond motifs is 1. The Morgan fingerprint density at radius 2 is 1.89 bits per heavy atom. The van der Waals surface area contributed by atoms with Gasteiger partial charge in [-0.3, -0.25) is 0 Å². The molecule has 1 aromatic heterocycles. The van der Waals surface area contributed by atoms with E-state index >= 15 is 0 Å². The van der Waals surface area contributed by atoms with E-state index in [2.05, 4.69) is 56.6 Å².